The topological polar surface area (TPSA) is 54.4 Å². The molecule has 0 amide bonds. The van der Waals surface area contributed by atoms with Gasteiger partial charge in [0.25, 0.3) is 10.1 Å². The molecular weight excluding hydrogens is 365 g/mol. The standard InChI is InChI=1S/C18H15O3PS.Li.H3P.H/c19-23(20,21)18-13-7-12-17(14-18)22(15-8-3-1-4-9-15)16-10-5-2-6-11-16;;;/h1-14H,(H,19,20,21);;1H3;/q;+1;;-1. The van der Waals surface area contributed by atoms with E-state index in [2.05, 4.69) is 0 Å². The maximum absolute atomic E-state index is 11.4. The molecule has 0 fully saturated rings. The van der Waals surface area contributed by atoms with Crippen LogP contribution in [0.5, 0.6) is 0 Å². The molecule has 0 spiro atoms. The fourth-order valence-electron chi connectivity index (χ4n) is 2.38. The predicted molar refractivity (Wildman–Crippen MR) is 107 cm³/mol. The van der Waals surface area contributed by atoms with E-state index in [9.17, 15) is 13.0 Å². The average molecular weight is 384 g/mol. The first kappa shape index (κ1) is 22.1. The molecule has 0 aliphatic carbocycles. The molecule has 3 rings (SSSR count). The van der Waals surface area contributed by atoms with E-state index in [1.807, 2.05) is 66.7 Å². The summed E-state index contributed by atoms with van der Waals surface area (Å²) in [5.41, 5.74) is 0. The summed E-state index contributed by atoms with van der Waals surface area (Å²) in [6.45, 7) is 0. The maximum Gasteiger partial charge on any atom is 1.00 e. The summed E-state index contributed by atoms with van der Waals surface area (Å²) in [6, 6.07) is 26.5. The Hall–Kier alpha value is -0.973. The Morgan fingerprint density at radius 1 is 0.720 bits per heavy atom. The fourth-order valence-corrected chi connectivity index (χ4v) is 5.34. The zero-order valence-electron chi connectivity index (χ0n) is 14.9. The third kappa shape index (κ3) is 5.50. The van der Waals surface area contributed by atoms with E-state index < -0.39 is 18.0 Å². The number of rotatable bonds is 4. The molecule has 0 aromatic heterocycles. The van der Waals surface area contributed by atoms with E-state index in [-0.39, 0.29) is 35.1 Å². The van der Waals surface area contributed by atoms with Crippen LogP contribution in [-0.4, -0.2) is 13.0 Å². The van der Waals surface area contributed by atoms with Crippen molar-refractivity contribution in [2.24, 2.45) is 0 Å². The third-order valence-corrected chi connectivity index (χ3v) is 6.68. The van der Waals surface area contributed by atoms with E-state index >= 15 is 0 Å². The van der Waals surface area contributed by atoms with E-state index in [1.165, 1.54) is 6.07 Å². The van der Waals surface area contributed by atoms with Crippen molar-refractivity contribution in [2.45, 2.75) is 4.90 Å². The summed E-state index contributed by atoms with van der Waals surface area (Å²) in [7, 11) is -5.10. The van der Waals surface area contributed by atoms with E-state index in [0.717, 1.165) is 15.9 Å². The first-order chi connectivity index (χ1) is 11.1. The first-order valence-electron chi connectivity index (χ1n) is 7.03. The van der Waals surface area contributed by atoms with Gasteiger partial charge in [-0.25, -0.2) is 0 Å². The average Bonchev–Trinajstić information content (AvgIpc) is 2.57. The molecule has 7 heteroatoms. The zero-order chi connectivity index (χ0) is 16.3. The quantitative estimate of drug-likeness (QED) is 0.387. The van der Waals surface area contributed by atoms with Crippen LogP contribution in [0.3, 0.4) is 0 Å². The molecule has 1 atom stereocenters. The number of hydrogen-bond acceptors (Lipinski definition) is 2. The van der Waals surface area contributed by atoms with E-state index in [0.29, 0.717) is 0 Å². The Balaban J connectivity index is 0.00000208. The molecule has 3 aromatic carbocycles. The second kappa shape index (κ2) is 9.65. The van der Waals surface area contributed by atoms with Gasteiger partial charge in [0.1, 0.15) is 0 Å². The maximum atomic E-state index is 11.4. The summed E-state index contributed by atoms with van der Waals surface area (Å²) in [6.07, 6.45) is 0. The minimum atomic E-state index is -4.21. The van der Waals surface area contributed by atoms with Crippen molar-refractivity contribution in [1.29, 1.82) is 0 Å². The summed E-state index contributed by atoms with van der Waals surface area (Å²) < 4.78 is 32.2. The Morgan fingerprint density at radius 3 is 1.60 bits per heavy atom. The van der Waals surface area contributed by atoms with Gasteiger partial charge in [0.15, 0.2) is 0 Å². The molecule has 0 heterocycles. The van der Waals surface area contributed by atoms with Crippen LogP contribution >= 0.6 is 17.8 Å². The van der Waals surface area contributed by atoms with Gasteiger partial charge in [0.05, 0.1) is 4.90 Å². The summed E-state index contributed by atoms with van der Waals surface area (Å²) in [5, 5.41) is 3.13. The van der Waals surface area contributed by atoms with E-state index in [1.54, 1.807) is 12.1 Å². The zero-order valence-corrected chi connectivity index (χ0v) is 17.0. The smallest absolute Gasteiger partial charge is 1.00 e. The summed E-state index contributed by atoms with van der Waals surface area (Å²) in [5.74, 6) is 0. The van der Waals surface area contributed by atoms with Gasteiger partial charge < -0.3 is 1.43 Å². The number of benzene rings is 3. The van der Waals surface area contributed by atoms with Gasteiger partial charge in [-0.15, -0.1) is 0 Å². The van der Waals surface area contributed by atoms with Crippen LogP contribution < -0.4 is 34.8 Å². The Morgan fingerprint density at radius 2 is 1.16 bits per heavy atom. The molecule has 1 N–H and O–H groups in total. The monoisotopic (exact) mass is 384 g/mol. The molecule has 3 aromatic rings. The van der Waals surface area contributed by atoms with Gasteiger partial charge >= 0.3 is 18.9 Å². The number of hydrogen-bond donors (Lipinski definition) is 1. The Kier molecular flexibility index (Phi) is 8.52. The van der Waals surface area contributed by atoms with Crippen LogP contribution in [0, 0.1) is 0 Å². The van der Waals surface area contributed by atoms with Crippen LogP contribution in [0.25, 0.3) is 0 Å². The largest absolute Gasteiger partial charge is 1.00 e. The van der Waals surface area contributed by atoms with Crippen LogP contribution in [0.2, 0.25) is 0 Å². The van der Waals surface area contributed by atoms with Crippen LogP contribution in [-0.2, 0) is 10.1 Å². The van der Waals surface area contributed by atoms with Gasteiger partial charge in [0.2, 0.25) is 0 Å². The van der Waals surface area contributed by atoms with Gasteiger partial charge in [-0.3, -0.25) is 4.55 Å². The van der Waals surface area contributed by atoms with Crippen molar-refractivity contribution in [3.8, 4) is 0 Å². The second-order valence-corrected chi connectivity index (χ2v) is 8.62. The van der Waals surface area contributed by atoms with Crippen molar-refractivity contribution < 1.29 is 33.3 Å². The minimum Gasteiger partial charge on any atom is -1.00 e. The SMILES string of the molecule is O=S(=O)(O)c1cccc(P(c2ccccc2)c2ccccc2)c1.P.[H-].[Li+]. The molecule has 0 saturated carbocycles. The molecule has 0 saturated heterocycles. The van der Waals surface area contributed by atoms with E-state index in [4.69, 9.17) is 0 Å². The van der Waals surface area contributed by atoms with Crippen molar-refractivity contribution in [3.63, 3.8) is 0 Å². The molecule has 0 radical (unpaired) electrons. The molecule has 3 nitrogen and oxygen atoms in total. The Labute approximate surface area is 166 Å². The van der Waals surface area contributed by atoms with Crippen LogP contribution in [0.1, 0.15) is 1.43 Å². The normalized spacial score (nSPS) is 10.6. The fraction of sp³-hybridized carbons (Fsp3) is 0. The van der Waals surface area contributed by atoms with Gasteiger partial charge in [-0.2, -0.15) is 18.3 Å². The van der Waals surface area contributed by atoms with Crippen molar-refractivity contribution in [1.82, 2.24) is 0 Å². The summed E-state index contributed by atoms with van der Waals surface area (Å²) in [4.78, 5) is -0.0747. The molecule has 0 bridgehead atoms. The van der Waals surface area contributed by atoms with Crippen molar-refractivity contribution in [3.05, 3.63) is 84.9 Å². The molecule has 25 heavy (non-hydrogen) atoms. The second-order valence-electron chi connectivity index (χ2n) is 4.98. The van der Waals surface area contributed by atoms with Crippen molar-refractivity contribution in [2.75, 3.05) is 0 Å². The van der Waals surface area contributed by atoms with Gasteiger partial charge in [-0.1, -0.05) is 72.8 Å². The molecule has 1 unspecified atom stereocenters. The minimum absolute atomic E-state index is 0. The molecular formula is C18H19LiO3P2S. The molecule has 126 valence electrons. The molecule has 0 aliphatic heterocycles. The van der Waals surface area contributed by atoms with Gasteiger partial charge in [0, 0.05) is 0 Å². The first-order valence-corrected chi connectivity index (χ1v) is 9.82. The summed E-state index contributed by atoms with van der Waals surface area (Å²) >= 11 is 0. The predicted octanol–water partition coefficient (Wildman–Crippen LogP) is -0.134. The van der Waals surface area contributed by atoms with Crippen LogP contribution in [0.4, 0.5) is 0 Å². The van der Waals surface area contributed by atoms with Crippen molar-refractivity contribution >= 4 is 43.9 Å². The van der Waals surface area contributed by atoms with Crippen LogP contribution in [0.15, 0.2) is 89.8 Å². The Bertz CT molecular complexity index is 870. The third-order valence-electron chi connectivity index (χ3n) is 3.40. The van der Waals surface area contributed by atoms with Gasteiger partial charge in [-0.05, 0) is 36.0 Å². The molecule has 0 aliphatic rings.